The number of rotatable bonds is 5. The Bertz CT molecular complexity index is 421. The van der Waals surface area contributed by atoms with Crippen LogP contribution in [0.4, 0.5) is 4.39 Å². The normalized spacial score (nSPS) is 13.8. The molecule has 18 heavy (non-hydrogen) atoms. The summed E-state index contributed by atoms with van der Waals surface area (Å²) in [6.07, 6.45) is -3.51. The molecule has 1 rings (SSSR count). The number of hydrogen-bond acceptors (Lipinski definition) is 5. The van der Waals surface area contributed by atoms with E-state index in [0.717, 1.165) is 6.07 Å². The Labute approximate surface area is 104 Å². The number of halogens is 1. The molecule has 0 heterocycles. The van der Waals surface area contributed by atoms with Gasteiger partial charge in [0.2, 0.25) is 0 Å². The Morgan fingerprint density at radius 1 is 1.44 bits per heavy atom. The Balaban J connectivity index is 2.89. The monoisotopic (exact) mass is 258 g/mol. The van der Waals surface area contributed by atoms with Gasteiger partial charge in [0.15, 0.2) is 6.10 Å². The lowest BCUT2D eigenvalue weighted by atomic mass is 10.0. The maximum Gasteiger partial charge on any atom is 0.338 e. The second-order valence-electron chi connectivity index (χ2n) is 3.53. The van der Waals surface area contributed by atoms with E-state index >= 15 is 0 Å². The Morgan fingerprint density at radius 3 is 2.61 bits per heavy atom. The molecule has 100 valence electrons. The van der Waals surface area contributed by atoms with Crippen LogP contribution in [0.25, 0.3) is 0 Å². The van der Waals surface area contributed by atoms with Crippen LogP contribution in [0.3, 0.4) is 0 Å². The van der Waals surface area contributed by atoms with Crippen LogP contribution >= 0.6 is 0 Å². The maximum atomic E-state index is 13.6. The van der Waals surface area contributed by atoms with Crippen molar-refractivity contribution in [2.24, 2.45) is 0 Å². The molecule has 0 radical (unpaired) electrons. The van der Waals surface area contributed by atoms with Crippen LogP contribution in [0.5, 0.6) is 5.75 Å². The molecule has 0 aromatic heterocycles. The van der Waals surface area contributed by atoms with Crippen molar-refractivity contribution < 1.29 is 28.9 Å². The molecular weight excluding hydrogens is 243 g/mol. The highest BCUT2D eigenvalue weighted by atomic mass is 19.1. The summed E-state index contributed by atoms with van der Waals surface area (Å²) < 4.78 is 22.9. The summed E-state index contributed by atoms with van der Waals surface area (Å²) in [6, 6.07) is 3.71. The molecule has 2 N–H and O–H groups in total. The third kappa shape index (κ3) is 3.18. The first-order valence-electron chi connectivity index (χ1n) is 5.37. The highest BCUT2D eigenvalue weighted by molar-refractivity contribution is 5.75. The molecule has 0 saturated carbocycles. The van der Waals surface area contributed by atoms with Gasteiger partial charge >= 0.3 is 5.97 Å². The highest BCUT2D eigenvalue weighted by Crippen LogP contribution is 2.24. The molecule has 0 aliphatic rings. The molecule has 2 atom stereocenters. The van der Waals surface area contributed by atoms with Crippen molar-refractivity contribution in [1.82, 2.24) is 0 Å². The molecule has 0 aliphatic carbocycles. The largest absolute Gasteiger partial charge is 0.497 e. The topological polar surface area (TPSA) is 76.0 Å². The second-order valence-corrected chi connectivity index (χ2v) is 3.53. The van der Waals surface area contributed by atoms with Crippen molar-refractivity contribution >= 4 is 5.97 Å². The fraction of sp³-hybridized carbons (Fsp3) is 0.417. The van der Waals surface area contributed by atoms with E-state index in [0.29, 0.717) is 0 Å². The zero-order valence-corrected chi connectivity index (χ0v) is 10.1. The number of aliphatic hydroxyl groups is 2. The van der Waals surface area contributed by atoms with Gasteiger partial charge in [0.1, 0.15) is 17.7 Å². The average Bonchev–Trinajstić information content (AvgIpc) is 2.37. The van der Waals surface area contributed by atoms with Crippen molar-refractivity contribution in [3.05, 3.63) is 29.6 Å². The molecule has 1 aromatic rings. The van der Waals surface area contributed by atoms with Crippen molar-refractivity contribution in [1.29, 1.82) is 0 Å². The number of ether oxygens (including phenoxy) is 2. The summed E-state index contributed by atoms with van der Waals surface area (Å²) in [5, 5.41) is 19.2. The van der Waals surface area contributed by atoms with Gasteiger partial charge in [-0.1, -0.05) is 0 Å². The van der Waals surface area contributed by atoms with Gasteiger partial charge in [-0.25, -0.2) is 9.18 Å². The number of methoxy groups -OCH3 is 1. The van der Waals surface area contributed by atoms with Gasteiger partial charge in [0.05, 0.1) is 13.7 Å². The lowest BCUT2D eigenvalue weighted by Gasteiger charge is -2.17. The number of carbonyl (C=O) groups excluding carboxylic acids is 1. The first-order valence-corrected chi connectivity index (χ1v) is 5.37. The van der Waals surface area contributed by atoms with Crippen molar-refractivity contribution in [3.63, 3.8) is 0 Å². The summed E-state index contributed by atoms with van der Waals surface area (Å²) in [5.41, 5.74) is -0.198. The van der Waals surface area contributed by atoms with E-state index in [1.807, 2.05) is 0 Å². The van der Waals surface area contributed by atoms with E-state index in [2.05, 4.69) is 4.74 Å². The van der Waals surface area contributed by atoms with Gasteiger partial charge in [-0.15, -0.1) is 0 Å². The molecule has 0 fully saturated rings. The molecular formula is C12H15FO5. The van der Waals surface area contributed by atoms with Crippen molar-refractivity contribution in [2.45, 2.75) is 19.1 Å². The zero-order valence-electron chi connectivity index (χ0n) is 10.1. The van der Waals surface area contributed by atoms with Crippen LogP contribution in [0.1, 0.15) is 18.6 Å². The molecule has 0 bridgehead atoms. The fourth-order valence-electron chi connectivity index (χ4n) is 1.40. The molecule has 0 spiro atoms. The van der Waals surface area contributed by atoms with Crippen LogP contribution in [-0.4, -0.2) is 36.0 Å². The summed E-state index contributed by atoms with van der Waals surface area (Å²) in [7, 11) is 1.37. The van der Waals surface area contributed by atoms with Gasteiger partial charge in [0.25, 0.3) is 0 Å². The predicted molar refractivity (Wildman–Crippen MR) is 60.6 cm³/mol. The summed E-state index contributed by atoms with van der Waals surface area (Å²) in [4.78, 5) is 11.2. The summed E-state index contributed by atoms with van der Waals surface area (Å²) in [6.45, 7) is 1.62. The third-order valence-electron chi connectivity index (χ3n) is 2.35. The number of hydrogen-bond donors (Lipinski definition) is 2. The fourth-order valence-corrected chi connectivity index (χ4v) is 1.40. The third-order valence-corrected chi connectivity index (χ3v) is 2.35. The molecule has 0 aliphatic heterocycles. The molecule has 6 heteroatoms. The van der Waals surface area contributed by atoms with E-state index in [1.165, 1.54) is 19.2 Å². The zero-order chi connectivity index (χ0) is 13.7. The standard InChI is InChI=1S/C12H15FO5/c1-3-18-12(16)11(15)10(14)8-5-4-7(17-2)6-9(8)13/h4-6,10-11,14-15H,3H2,1-2H3. The molecule has 2 unspecified atom stereocenters. The average molecular weight is 258 g/mol. The smallest absolute Gasteiger partial charge is 0.338 e. The summed E-state index contributed by atoms with van der Waals surface area (Å²) >= 11 is 0. The van der Waals surface area contributed by atoms with Gasteiger partial charge in [0, 0.05) is 11.6 Å². The minimum atomic E-state index is -1.83. The number of carbonyl (C=O) groups is 1. The van der Waals surface area contributed by atoms with E-state index in [4.69, 9.17) is 4.74 Å². The minimum Gasteiger partial charge on any atom is -0.497 e. The Kier molecular flexibility index (Phi) is 5.06. The highest BCUT2D eigenvalue weighted by Gasteiger charge is 2.29. The first kappa shape index (κ1) is 14.4. The Hall–Kier alpha value is -1.66. The molecule has 0 saturated heterocycles. The van der Waals surface area contributed by atoms with E-state index in [-0.39, 0.29) is 17.9 Å². The lowest BCUT2D eigenvalue weighted by molar-refractivity contribution is -0.159. The Morgan fingerprint density at radius 2 is 2.11 bits per heavy atom. The van der Waals surface area contributed by atoms with Crippen LogP contribution in [0, 0.1) is 5.82 Å². The van der Waals surface area contributed by atoms with E-state index < -0.39 is 24.0 Å². The van der Waals surface area contributed by atoms with Gasteiger partial charge < -0.3 is 19.7 Å². The lowest BCUT2D eigenvalue weighted by Crippen LogP contribution is -2.30. The van der Waals surface area contributed by atoms with Crippen LogP contribution in [-0.2, 0) is 9.53 Å². The van der Waals surface area contributed by atoms with Gasteiger partial charge in [-0.2, -0.15) is 0 Å². The van der Waals surface area contributed by atoms with E-state index in [9.17, 15) is 19.4 Å². The van der Waals surface area contributed by atoms with Crippen LogP contribution in [0.2, 0.25) is 0 Å². The SMILES string of the molecule is CCOC(=O)C(O)C(O)c1ccc(OC)cc1F. The van der Waals surface area contributed by atoms with Crippen LogP contribution < -0.4 is 4.74 Å². The minimum absolute atomic E-state index is 0.0632. The van der Waals surface area contributed by atoms with Gasteiger partial charge in [-0.05, 0) is 19.1 Å². The maximum absolute atomic E-state index is 13.6. The summed E-state index contributed by atoms with van der Waals surface area (Å²) in [5.74, 6) is -1.50. The van der Waals surface area contributed by atoms with E-state index in [1.54, 1.807) is 6.92 Å². The quantitative estimate of drug-likeness (QED) is 0.764. The first-order chi connectivity index (χ1) is 8.51. The number of benzene rings is 1. The molecule has 0 amide bonds. The molecule has 5 nitrogen and oxygen atoms in total. The second kappa shape index (κ2) is 6.32. The van der Waals surface area contributed by atoms with Crippen molar-refractivity contribution in [2.75, 3.05) is 13.7 Å². The van der Waals surface area contributed by atoms with Crippen LogP contribution in [0.15, 0.2) is 18.2 Å². The van der Waals surface area contributed by atoms with Gasteiger partial charge in [-0.3, -0.25) is 0 Å². The predicted octanol–water partition coefficient (Wildman–Crippen LogP) is 0.792. The molecule has 1 aromatic carbocycles. The number of aliphatic hydroxyl groups excluding tert-OH is 2. The van der Waals surface area contributed by atoms with Crippen molar-refractivity contribution in [3.8, 4) is 5.75 Å². The number of esters is 1.